The average Bonchev–Trinajstić information content (AvgIpc) is 2.49. The van der Waals surface area contributed by atoms with Gasteiger partial charge >= 0.3 is 0 Å². The highest BCUT2D eigenvalue weighted by Crippen LogP contribution is 2.30. The van der Waals surface area contributed by atoms with Crippen LogP contribution in [0.4, 0.5) is 0 Å². The lowest BCUT2D eigenvalue weighted by Crippen LogP contribution is -2.35. The van der Waals surface area contributed by atoms with E-state index in [1.54, 1.807) is 0 Å². The Hall–Kier alpha value is -0.830. The standard InChI is InChI=1S/C18H26BrNO/c1-13-7-8-14(2)17(9-13)10-18(21)20-12-16-6-4-3-5-15(16)11-19/h7-9,15-16H,3-6,10-12H2,1-2H3,(H,20,21). The number of nitrogens with one attached hydrogen (secondary N) is 1. The van der Waals surface area contributed by atoms with Crippen molar-refractivity contribution in [2.45, 2.75) is 46.0 Å². The van der Waals surface area contributed by atoms with Crippen LogP contribution in [0, 0.1) is 25.7 Å². The molecule has 0 radical (unpaired) electrons. The lowest BCUT2D eigenvalue weighted by Gasteiger charge is -2.30. The molecule has 2 atom stereocenters. The molecule has 0 aromatic heterocycles. The van der Waals surface area contributed by atoms with Gasteiger partial charge < -0.3 is 5.32 Å². The molecule has 1 aliphatic carbocycles. The molecular formula is C18H26BrNO. The Bertz CT molecular complexity index is 486. The number of alkyl halides is 1. The van der Waals surface area contributed by atoms with Crippen LogP contribution < -0.4 is 5.32 Å². The van der Waals surface area contributed by atoms with Crippen molar-refractivity contribution in [3.8, 4) is 0 Å². The van der Waals surface area contributed by atoms with Crippen LogP contribution in [0.5, 0.6) is 0 Å². The first-order chi connectivity index (χ1) is 10.1. The fourth-order valence-corrected chi connectivity index (χ4v) is 4.08. The molecule has 0 saturated heterocycles. The minimum Gasteiger partial charge on any atom is -0.356 e. The second-order valence-electron chi connectivity index (χ2n) is 6.37. The van der Waals surface area contributed by atoms with E-state index < -0.39 is 0 Å². The lowest BCUT2D eigenvalue weighted by atomic mass is 9.80. The Morgan fingerprint density at radius 3 is 2.67 bits per heavy atom. The maximum absolute atomic E-state index is 12.2. The lowest BCUT2D eigenvalue weighted by molar-refractivity contribution is -0.120. The summed E-state index contributed by atoms with van der Waals surface area (Å²) in [6, 6.07) is 6.32. The quantitative estimate of drug-likeness (QED) is 0.792. The summed E-state index contributed by atoms with van der Waals surface area (Å²) in [7, 11) is 0. The van der Waals surface area contributed by atoms with E-state index in [9.17, 15) is 4.79 Å². The molecule has 1 aromatic rings. The first-order valence-corrected chi connectivity index (χ1v) is 9.11. The van der Waals surface area contributed by atoms with Gasteiger partial charge in [-0.1, -0.05) is 52.5 Å². The maximum Gasteiger partial charge on any atom is 0.224 e. The number of amides is 1. The van der Waals surface area contributed by atoms with Crippen molar-refractivity contribution in [2.24, 2.45) is 11.8 Å². The van der Waals surface area contributed by atoms with Gasteiger partial charge in [0.1, 0.15) is 0 Å². The number of carbonyl (C=O) groups excluding carboxylic acids is 1. The third-order valence-electron chi connectivity index (χ3n) is 4.68. The van der Waals surface area contributed by atoms with Crippen LogP contribution in [0.25, 0.3) is 0 Å². The number of rotatable bonds is 5. The van der Waals surface area contributed by atoms with Crippen LogP contribution in [-0.4, -0.2) is 17.8 Å². The molecule has 1 aliphatic rings. The third-order valence-corrected chi connectivity index (χ3v) is 5.51. The summed E-state index contributed by atoms with van der Waals surface area (Å²) in [6.07, 6.45) is 5.69. The number of benzene rings is 1. The van der Waals surface area contributed by atoms with Crippen molar-refractivity contribution in [1.29, 1.82) is 0 Å². The Labute approximate surface area is 136 Å². The van der Waals surface area contributed by atoms with Crippen molar-refractivity contribution in [2.75, 3.05) is 11.9 Å². The molecule has 21 heavy (non-hydrogen) atoms. The minimum absolute atomic E-state index is 0.155. The SMILES string of the molecule is Cc1ccc(C)c(CC(=O)NCC2CCCCC2CBr)c1. The zero-order valence-corrected chi connectivity index (χ0v) is 14.7. The normalized spacial score (nSPS) is 22.0. The number of carbonyl (C=O) groups is 1. The van der Waals surface area contributed by atoms with Crippen molar-refractivity contribution in [1.82, 2.24) is 5.32 Å². The van der Waals surface area contributed by atoms with Gasteiger partial charge in [0.25, 0.3) is 0 Å². The van der Waals surface area contributed by atoms with Crippen molar-refractivity contribution in [3.63, 3.8) is 0 Å². The highest BCUT2D eigenvalue weighted by Gasteiger charge is 2.24. The molecular weight excluding hydrogens is 326 g/mol. The first-order valence-electron chi connectivity index (χ1n) is 7.99. The minimum atomic E-state index is 0.155. The Morgan fingerprint density at radius 1 is 1.24 bits per heavy atom. The predicted octanol–water partition coefficient (Wildman–Crippen LogP) is 4.16. The number of halogens is 1. The van der Waals surface area contributed by atoms with E-state index in [0.29, 0.717) is 12.3 Å². The van der Waals surface area contributed by atoms with Gasteiger partial charge in [-0.15, -0.1) is 0 Å². The van der Waals surface area contributed by atoms with E-state index in [0.717, 1.165) is 23.4 Å². The fourth-order valence-electron chi connectivity index (χ4n) is 3.23. The Balaban J connectivity index is 1.85. The van der Waals surface area contributed by atoms with E-state index in [1.165, 1.54) is 36.8 Å². The first kappa shape index (κ1) is 16.5. The monoisotopic (exact) mass is 351 g/mol. The summed E-state index contributed by atoms with van der Waals surface area (Å²) in [6.45, 7) is 4.98. The molecule has 1 fully saturated rings. The van der Waals surface area contributed by atoms with Gasteiger partial charge in [0.15, 0.2) is 0 Å². The second-order valence-corrected chi connectivity index (χ2v) is 7.02. The molecule has 2 unspecified atom stereocenters. The summed E-state index contributed by atoms with van der Waals surface area (Å²) >= 11 is 3.62. The smallest absolute Gasteiger partial charge is 0.224 e. The summed E-state index contributed by atoms with van der Waals surface area (Å²) in [5, 5.41) is 4.21. The fraction of sp³-hybridized carbons (Fsp3) is 0.611. The molecule has 2 nitrogen and oxygen atoms in total. The molecule has 3 heteroatoms. The van der Waals surface area contributed by atoms with Gasteiger partial charge in [-0.2, -0.15) is 0 Å². The van der Waals surface area contributed by atoms with Crippen LogP contribution in [0.1, 0.15) is 42.4 Å². The highest BCUT2D eigenvalue weighted by atomic mass is 79.9. The van der Waals surface area contributed by atoms with E-state index in [1.807, 2.05) is 0 Å². The summed E-state index contributed by atoms with van der Waals surface area (Å²) in [5.74, 6) is 1.52. The van der Waals surface area contributed by atoms with Crippen LogP contribution in [-0.2, 0) is 11.2 Å². The second kappa shape index (κ2) is 7.98. The Morgan fingerprint density at radius 2 is 1.95 bits per heavy atom. The van der Waals surface area contributed by atoms with Crippen LogP contribution in [0.3, 0.4) is 0 Å². The van der Waals surface area contributed by atoms with Crippen LogP contribution in [0.15, 0.2) is 18.2 Å². The topological polar surface area (TPSA) is 29.1 Å². The van der Waals surface area contributed by atoms with E-state index in [-0.39, 0.29) is 5.91 Å². The van der Waals surface area contributed by atoms with Gasteiger partial charge in [-0.25, -0.2) is 0 Å². The zero-order chi connectivity index (χ0) is 15.2. The molecule has 1 saturated carbocycles. The summed E-state index contributed by atoms with van der Waals surface area (Å²) in [4.78, 5) is 12.2. The van der Waals surface area contributed by atoms with Gasteiger partial charge in [0.2, 0.25) is 5.91 Å². The van der Waals surface area contributed by atoms with Crippen LogP contribution >= 0.6 is 15.9 Å². The van der Waals surface area contributed by atoms with Gasteiger partial charge in [0, 0.05) is 11.9 Å². The molecule has 1 amide bonds. The Kier molecular flexibility index (Phi) is 6.28. The van der Waals surface area contributed by atoms with Gasteiger partial charge in [0.05, 0.1) is 6.42 Å². The van der Waals surface area contributed by atoms with Crippen LogP contribution in [0.2, 0.25) is 0 Å². The van der Waals surface area contributed by atoms with Gasteiger partial charge in [-0.05, 0) is 49.7 Å². The van der Waals surface area contributed by atoms with Gasteiger partial charge in [-0.3, -0.25) is 4.79 Å². The summed E-state index contributed by atoms with van der Waals surface area (Å²) in [5.41, 5.74) is 3.56. The number of hydrogen-bond acceptors (Lipinski definition) is 1. The molecule has 0 spiro atoms. The van der Waals surface area contributed by atoms with Crippen molar-refractivity contribution in [3.05, 3.63) is 34.9 Å². The number of aryl methyl sites for hydroxylation is 2. The van der Waals surface area contributed by atoms with E-state index in [2.05, 4.69) is 53.3 Å². The average molecular weight is 352 g/mol. The molecule has 116 valence electrons. The molecule has 1 aromatic carbocycles. The third kappa shape index (κ3) is 4.84. The van der Waals surface area contributed by atoms with Crippen molar-refractivity contribution < 1.29 is 4.79 Å². The summed E-state index contributed by atoms with van der Waals surface area (Å²) < 4.78 is 0. The highest BCUT2D eigenvalue weighted by molar-refractivity contribution is 9.09. The molecule has 2 rings (SSSR count). The zero-order valence-electron chi connectivity index (χ0n) is 13.1. The molecule has 1 N–H and O–H groups in total. The molecule has 0 heterocycles. The van der Waals surface area contributed by atoms with E-state index >= 15 is 0 Å². The molecule has 0 bridgehead atoms. The largest absolute Gasteiger partial charge is 0.356 e. The van der Waals surface area contributed by atoms with E-state index in [4.69, 9.17) is 0 Å². The van der Waals surface area contributed by atoms with Crippen molar-refractivity contribution >= 4 is 21.8 Å². The maximum atomic E-state index is 12.2. The predicted molar refractivity (Wildman–Crippen MR) is 91.9 cm³/mol. The number of hydrogen-bond donors (Lipinski definition) is 1. The molecule has 0 aliphatic heterocycles.